The molecular weight excluding hydrogens is 424 g/mol. The number of fused-ring (bicyclic) bond motifs is 2. The first-order valence-electron chi connectivity index (χ1n) is 11.0. The molecule has 1 aromatic heterocycles. The smallest absolute Gasteiger partial charge is 0.414 e. The number of thiazole rings is 1. The zero-order valence-corrected chi connectivity index (χ0v) is 18.6. The van der Waals surface area contributed by atoms with Crippen LogP contribution in [0.5, 0.6) is 0 Å². The van der Waals surface area contributed by atoms with Crippen molar-refractivity contribution in [2.45, 2.75) is 24.9 Å². The molecule has 2 aliphatic heterocycles. The van der Waals surface area contributed by atoms with Crippen molar-refractivity contribution in [1.29, 1.82) is 0 Å². The third kappa shape index (κ3) is 3.21. The molecule has 2 amide bonds. The van der Waals surface area contributed by atoms with Crippen LogP contribution in [-0.2, 0) is 14.9 Å². The summed E-state index contributed by atoms with van der Waals surface area (Å²) in [4.78, 5) is 32.3. The maximum Gasteiger partial charge on any atom is 0.414 e. The summed E-state index contributed by atoms with van der Waals surface area (Å²) in [6.07, 6.45) is 0.520. The molecule has 3 fully saturated rings. The van der Waals surface area contributed by atoms with E-state index in [0.717, 1.165) is 29.4 Å². The number of para-hydroxylation sites is 1. The number of amides is 2. The van der Waals surface area contributed by atoms with E-state index >= 15 is 0 Å². The number of aromatic nitrogens is 1. The van der Waals surface area contributed by atoms with Crippen LogP contribution in [0.15, 0.2) is 48.5 Å². The minimum absolute atomic E-state index is 0.126. The Morgan fingerprint density at radius 3 is 2.81 bits per heavy atom. The third-order valence-corrected chi connectivity index (χ3v) is 8.00. The van der Waals surface area contributed by atoms with E-state index < -0.39 is 0 Å². The molecule has 0 bridgehead atoms. The van der Waals surface area contributed by atoms with Crippen molar-refractivity contribution in [3.05, 3.63) is 54.1 Å². The zero-order chi connectivity index (χ0) is 21.9. The average Bonchev–Trinajstić information content (AvgIpc) is 3.15. The first-order chi connectivity index (χ1) is 15.5. The molecule has 0 spiro atoms. The summed E-state index contributed by atoms with van der Waals surface area (Å²) in [5, 5.41) is 3.82. The maximum atomic E-state index is 12.3. The van der Waals surface area contributed by atoms with Gasteiger partial charge in [-0.2, -0.15) is 0 Å². The van der Waals surface area contributed by atoms with Gasteiger partial charge in [-0.1, -0.05) is 35.6 Å². The second kappa shape index (κ2) is 7.20. The van der Waals surface area contributed by atoms with Gasteiger partial charge in [-0.3, -0.25) is 9.69 Å². The lowest BCUT2D eigenvalue weighted by Crippen LogP contribution is -2.33. The third-order valence-electron chi connectivity index (χ3n) is 6.91. The number of carbonyl (C=O) groups excluding carboxylic acids is 2. The number of carbonyl (C=O) groups is 2. The Morgan fingerprint density at radius 2 is 2.03 bits per heavy atom. The second-order valence-electron chi connectivity index (χ2n) is 9.00. The van der Waals surface area contributed by atoms with E-state index in [-0.39, 0.29) is 23.5 Å². The lowest BCUT2D eigenvalue weighted by atomic mass is 9.95. The molecule has 32 heavy (non-hydrogen) atoms. The van der Waals surface area contributed by atoms with E-state index in [4.69, 9.17) is 9.72 Å². The Kier molecular flexibility index (Phi) is 4.40. The number of anilines is 2. The fourth-order valence-corrected chi connectivity index (χ4v) is 6.11. The van der Waals surface area contributed by atoms with Crippen molar-refractivity contribution in [2.75, 3.05) is 36.0 Å². The molecule has 3 aliphatic rings. The van der Waals surface area contributed by atoms with Gasteiger partial charge in [0.15, 0.2) is 5.13 Å². The first-order valence-corrected chi connectivity index (χ1v) is 11.8. The molecular formula is C24H24N4O3S. The van der Waals surface area contributed by atoms with Crippen molar-refractivity contribution in [3.8, 4) is 0 Å². The van der Waals surface area contributed by atoms with Crippen LogP contribution >= 0.6 is 11.3 Å². The molecule has 8 heteroatoms. The fourth-order valence-electron chi connectivity index (χ4n) is 5.14. The molecule has 6 rings (SSSR count). The van der Waals surface area contributed by atoms with Crippen LogP contribution < -0.4 is 15.1 Å². The maximum absolute atomic E-state index is 12.3. The van der Waals surface area contributed by atoms with Crippen LogP contribution in [0, 0.1) is 5.92 Å². The predicted octanol–water partition coefficient (Wildman–Crippen LogP) is 3.54. The number of nitrogens with one attached hydrogen (secondary N) is 1. The monoisotopic (exact) mass is 448 g/mol. The van der Waals surface area contributed by atoms with Gasteiger partial charge in [0.1, 0.15) is 6.10 Å². The molecule has 3 atom stereocenters. The highest BCUT2D eigenvalue weighted by molar-refractivity contribution is 7.22. The summed E-state index contributed by atoms with van der Waals surface area (Å²) in [7, 11) is 0. The van der Waals surface area contributed by atoms with Gasteiger partial charge in [0.05, 0.1) is 23.3 Å². The van der Waals surface area contributed by atoms with Gasteiger partial charge >= 0.3 is 6.09 Å². The zero-order valence-electron chi connectivity index (χ0n) is 17.8. The van der Waals surface area contributed by atoms with Gasteiger partial charge in [-0.05, 0) is 42.2 Å². The number of ether oxygens (including phenoxy) is 1. The summed E-state index contributed by atoms with van der Waals surface area (Å²) in [6.45, 7) is 4.27. The Labute approximate surface area is 190 Å². The van der Waals surface area contributed by atoms with Gasteiger partial charge < -0.3 is 15.0 Å². The standard InChI is InChI=1S/C24H24N4O3S/c1-15(29)25-11-19-13-28(23(30)31-19)18-8-6-16(7-9-18)24-10-17(24)12-27(14-24)22-26-20-4-2-3-5-21(20)32-22/h2-9,17,19H,10-14H2,1H3,(H,25,29). The van der Waals surface area contributed by atoms with Gasteiger partial charge in [0, 0.05) is 31.1 Å². The Bertz CT molecular complexity index is 1180. The molecule has 3 aromatic rings. The lowest BCUT2D eigenvalue weighted by molar-refractivity contribution is -0.119. The highest BCUT2D eigenvalue weighted by Crippen LogP contribution is 2.60. The first kappa shape index (κ1) is 19.5. The minimum Gasteiger partial charge on any atom is -0.442 e. The normalized spacial score (nSPS) is 26.3. The number of hydrogen-bond donors (Lipinski definition) is 1. The number of cyclic esters (lactones) is 1. The largest absolute Gasteiger partial charge is 0.442 e. The van der Waals surface area contributed by atoms with Crippen molar-refractivity contribution in [1.82, 2.24) is 10.3 Å². The van der Waals surface area contributed by atoms with E-state index in [1.165, 1.54) is 23.6 Å². The van der Waals surface area contributed by atoms with E-state index in [1.54, 1.807) is 16.2 Å². The molecule has 1 aliphatic carbocycles. The van der Waals surface area contributed by atoms with Crippen LogP contribution in [0.2, 0.25) is 0 Å². The number of piperidine rings is 1. The summed E-state index contributed by atoms with van der Waals surface area (Å²) in [5.74, 6) is 0.526. The predicted molar refractivity (Wildman–Crippen MR) is 124 cm³/mol. The van der Waals surface area contributed by atoms with Crippen LogP contribution in [0.25, 0.3) is 10.2 Å². The molecule has 3 heterocycles. The quantitative estimate of drug-likeness (QED) is 0.646. The highest BCUT2D eigenvalue weighted by Gasteiger charge is 2.61. The van der Waals surface area contributed by atoms with Crippen molar-refractivity contribution < 1.29 is 14.3 Å². The molecule has 1 saturated carbocycles. The Morgan fingerprint density at radius 1 is 1.22 bits per heavy atom. The average molecular weight is 449 g/mol. The van der Waals surface area contributed by atoms with E-state index in [1.807, 2.05) is 18.2 Å². The summed E-state index contributed by atoms with van der Waals surface area (Å²) >= 11 is 1.77. The van der Waals surface area contributed by atoms with Gasteiger partial charge in [-0.15, -0.1) is 0 Å². The van der Waals surface area contributed by atoms with Gasteiger partial charge in [0.25, 0.3) is 0 Å². The summed E-state index contributed by atoms with van der Waals surface area (Å²) in [5.41, 5.74) is 3.42. The van der Waals surface area contributed by atoms with Crippen LogP contribution in [0.1, 0.15) is 18.9 Å². The SMILES string of the molecule is CC(=O)NCC1CN(c2ccc(C34CC3CN(c3nc5ccccc5s3)C4)cc2)C(=O)O1. The van der Waals surface area contributed by atoms with E-state index in [0.29, 0.717) is 19.0 Å². The molecule has 7 nitrogen and oxygen atoms in total. The van der Waals surface area contributed by atoms with Gasteiger partial charge in [0.2, 0.25) is 5.91 Å². The van der Waals surface area contributed by atoms with Crippen molar-refractivity contribution in [3.63, 3.8) is 0 Å². The van der Waals surface area contributed by atoms with Crippen molar-refractivity contribution >= 4 is 44.4 Å². The number of benzene rings is 2. The lowest BCUT2D eigenvalue weighted by Gasteiger charge is -2.21. The molecule has 0 radical (unpaired) electrons. The van der Waals surface area contributed by atoms with Crippen LogP contribution in [0.3, 0.4) is 0 Å². The Balaban J connectivity index is 1.16. The number of nitrogens with zero attached hydrogens (tertiary/aromatic N) is 3. The Hall–Kier alpha value is -3.13. The van der Waals surface area contributed by atoms with Crippen LogP contribution in [0.4, 0.5) is 15.6 Å². The number of hydrogen-bond acceptors (Lipinski definition) is 6. The molecule has 2 saturated heterocycles. The summed E-state index contributed by atoms with van der Waals surface area (Å²) in [6, 6.07) is 16.7. The number of rotatable bonds is 5. The van der Waals surface area contributed by atoms with E-state index in [9.17, 15) is 9.59 Å². The molecule has 3 unspecified atom stereocenters. The second-order valence-corrected chi connectivity index (χ2v) is 10.0. The van der Waals surface area contributed by atoms with Gasteiger partial charge in [-0.25, -0.2) is 9.78 Å². The summed E-state index contributed by atoms with van der Waals surface area (Å²) < 4.78 is 6.62. The molecule has 1 N–H and O–H groups in total. The fraction of sp³-hybridized carbons (Fsp3) is 0.375. The van der Waals surface area contributed by atoms with Crippen LogP contribution in [-0.4, -0.2) is 49.3 Å². The van der Waals surface area contributed by atoms with Crippen molar-refractivity contribution in [2.24, 2.45) is 5.92 Å². The van der Waals surface area contributed by atoms with E-state index in [2.05, 4.69) is 40.5 Å². The molecule has 164 valence electrons. The molecule has 2 aromatic carbocycles. The topological polar surface area (TPSA) is 74.8 Å². The highest BCUT2D eigenvalue weighted by atomic mass is 32.1. The minimum atomic E-state index is -0.363.